The van der Waals surface area contributed by atoms with E-state index >= 15 is 0 Å². The Morgan fingerprint density at radius 1 is 1.16 bits per heavy atom. The van der Waals surface area contributed by atoms with Crippen molar-refractivity contribution in [2.24, 2.45) is 0 Å². The molecule has 1 aromatic heterocycles. The number of aryl methyl sites for hydroxylation is 1. The van der Waals surface area contributed by atoms with Crippen LogP contribution in [0, 0.1) is 0 Å². The van der Waals surface area contributed by atoms with E-state index in [2.05, 4.69) is 15.5 Å². The summed E-state index contributed by atoms with van der Waals surface area (Å²) in [6.45, 7) is 0. The number of rotatable bonds is 7. The molecule has 0 bridgehead atoms. The zero-order valence-corrected chi connectivity index (χ0v) is 13.9. The van der Waals surface area contributed by atoms with Gasteiger partial charge < -0.3 is 14.6 Å². The van der Waals surface area contributed by atoms with Gasteiger partial charge in [-0.05, 0) is 18.6 Å². The molecular formula is C19H19N3O3. The molecule has 25 heavy (non-hydrogen) atoms. The highest BCUT2D eigenvalue weighted by Crippen LogP contribution is 2.18. The van der Waals surface area contributed by atoms with Gasteiger partial charge in [-0.1, -0.05) is 41.6 Å². The van der Waals surface area contributed by atoms with Gasteiger partial charge in [0.05, 0.1) is 7.11 Å². The first-order valence-electron chi connectivity index (χ1n) is 8.06. The molecule has 0 aliphatic rings. The van der Waals surface area contributed by atoms with E-state index in [9.17, 15) is 4.79 Å². The molecule has 0 aliphatic heterocycles. The number of benzene rings is 2. The van der Waals surface area contributed by atoms with Crippen molar-refractivity contribution in [3.05, 3.63) is 60.5 Å². The summed E-state index contributed by atoms with van der Waals surface area (Å²) in [5, 5.41) is 6.82. The number of nitrogens with one attached hydrogen (secondary N) is 1. The lowest BCUT2D eigenvalue weighted by atomic mass is 10.2. The molecule has 3 rings (SSSR count). The lowest BCUT2D eigenvalue weighted by Crippen LogP contribution is -2.11. The van der Waals surface area contributed by atoms with Crippen molar-refractivity contribution in [1.29, 1.82) is 0 Å². The van der Waals surface area contributed by atoms with E-state index in [1.54, 1.807) is 13.2 Å². The predicted molar refractivity (Wildman–Crippen MR) is 94.3 cm³/mol. The average molecular weight is 337 g/mol. The fourth-order valence-electron chi connectivity index (χ4n) is 2.39. The molecule has 0 unspecified atom stereocenters. The number of nitrogens with zero attached hydrogens (tertiary/aromatic N) is 2. The SMILES string of the molecule is COc1cccc(NC(=O)CCCc2nc(-c3ccccc3)no2)c1. The van der Waals surface area contributed by atoms with Crippen molar-refractivity contribution in [2.75, 3.05) is 12.4 Å². The van der Waals surface area contributed by atoms with Crippen LogP contribution in [-0.2, 0) is 11.2 Å². The molecule has 2 aromatic carbocycles. The quantitative estimate of drug-likeness (QED) is 0.711. The summed E-state index contributed by atoms with van der Waals surface area (Å²) in [4.78, 5) is 16.4. The molecule has 128 valence electrons. The Labute approximate surface area is 145 Å². The monoisotopic (exact) mass is 337 g/mol. The molecule has 0 aliphatic carbocycles. The number of aromatic nitrogens is 2. The first-order valence-corrected chi connectivity index (χ1v) is 8.06. The first kappa shape index (κ1) is 16.7. The fourth-order valence-corrected chi connectivity index (χ4v) is 2.39. The van der Waals surface area contributed by atoms with Gasteiger partial charge in [-0.15, -0.1) is 0 Å². The Hall–Kier alpha value is -3.15. The predicted octanol–water partition coefficient (Wildman–Crippen LogP) is 3.71. The third kappa shape index (κ3) is 4.67. The summed E-state index contributed by atoms with van der Waals surface area (Å²) in [5.41, 5.74) is 1.63. The molecule has 1 amide bonds. The topological polar surface area (TPSA) is 77.2 Å². The normalized spacial score (nSPS) is 10.4. The van der Waals surface area contributed by atoms with Gasteiger partial charge in [0.2, 0.25) is 17.6 Å². The third-order valence-corrected chi connectivity index (χ3v) is 3.65. The first-order chi connectivity index (χ1) is 12.2. The largest absolute Gasteiger partial charge is 0.497 e. The van der Waals surface area contributed by atoms with Gasteiger partial charge in [0.25, 0.3) is 0 Å². The summed E-state index contributed by atoms with van der Waals surface area (Å²) in [6.07, 6.45) is 1.57. The van der Waals surface area contributed by atoms with Crippen LogP contribution in [-0.4, -0.2) is 23.2 Å². The molecule has 0 saturated carbocycles. The Morgan fingerprint density at radius 3 is 2.80 bits per heavy atom. The summed E-state index contributed by atoms with van der Waals surface area (Å²) in [5.74, 6) is 1.75. The van der Waals surface area contributed by atoms with Crippen molar-refractivity contribution in [3.8, 4) is 17.1 Å². The standard InChI is InChI=1S/C19H19N3O3/c1-24-16-10-5-9-15(13-16)20-17(23)11-6-12-18-21-19(22-25-18)14-7-3-2-4-8-14/h2-5,7-10,13H,6,11-12H2,1H3,(H,20,23). The Bertz CT molecular complexity index is 831. The number of ether oxygens (including phenoxy) is 1. The van der Waals surface area contributed by atoms with Gasteiger partial charge in [-0.25, -0.2) is 0 Å². The molecular weight excluding hydrogens is 318 g/mol. The highest BCUT2D eigenvalue weighted by atomic mass is 16.5. The number of carbonyl (C=O) groups is 1. The van der Waals surface area contributed by atoms with Crippen LogP contribution in [0.3, 0.4) is 0 Å². The van der Waals surface area contributed by atoms with Crippen molar-refractivity contribution < 1.29 is 14.1 Å². The van der Waals surface area contributed by atoms with Gasteiger partial charge in [-0.3, -0.25) is 4.79 Å². The van der Waals surface area contributed by atoms with Gasteiger partial charge >= 0.3 is 0 Å². The molecule has 1 heterocycles. The summed E-state index contributed by atoms with van der Waals surface area (Å²) in [6, 6.07) is 16.9. The van der Waals surface area contributed by atoms with E-state index in [4.69, 9.17) is 9.26 Å². The van der Waals surface area contributed by atoms with Crippen molar-refractivity contribution in [3.63, 3.8) is 0 Å². The Kier molecular flexibility index (Phi) is 5.41. The maximum atomic E-state index is 12.0. The molecule has 0 atom stereocenters. The van der Waals surface area contributed by atoms with Crippen molar-refractivity contribution >= 4 is 11.6 Å². The molecule has 3 aromatic rings. The van der Waals surface area contributed by atoms with E-state index in [0.29, 0.717) is 42.4 Å². The molecule has 1 N–H and O–H groups in total. The lowest BCUT2D eigenvalue weighted by Gasteiger charge is -2.06. The maximum Gasteiger partial charge on any atom is 0.226 e. The number of carbonyl (C=O) groups excluding carboxylic acids is 1. The second-order valence-electron chi connectivity index (χ2n) is 5.51. The average Bonchev–Trinajstić information content (AvgIpc) is 3.11. The minimum absolute atomic E-state index is 0.0592. The van der Waals surface area contributed by atoms with Gasteiger partial charge in [-0.2, -0.15) is 4.98 Å². The van der Waals surface area contributed by atoms with Crippen LogP contribution in [0.1, 0.15) is 18.7 Å². The fraction of sp³-hybridized carbons (Fsp3) is 0.211. The second kappa shape index (κ2) is 8.10. The zero-order valence-electron chi connectivity index (χ0n) is 13.9. The van der Waals surface area contributed by atoms with Crippen LogP contribution in [0.2, 0.25) is 0 Å². The van der Waals surface area contributed by atoms with Gasteiger partial charge in [0.1, 0.15) is 5.75 Å². The van der Waals surface area contributed by atoms with E-state index < -0.39 is 0 Å². The molecule has 0 radical (unpaired) electrons. The van der Waals surface area contributed by atoms with E-state index in [1.165, 1.54) is 0 Å². The highest BCUT2D eigenvalue weighted by Gasteiger charge is 2.09. The van der Waals surface area contributed by atoms with Crippen LogP contribution in [0.5, 0.6) is 5.75 Å². The molecule has 6 nitrogen and oxygen atoms in total. The molecule has 0 spiro atoms. The number of hydrogen-bond donors (Lipinski definition) is 1. The highest BCUT2D eigenvalue weighted by molar-refractivity contribution is 5.90. The number of methoxy groups -OCH3 is 1. The maximum absolute atomic E-state index is 12.0. The van der Waals surface area contributed by atoms with Crippen LogP contribution in [0.4, 0.5) is 5.69 Å². The third-order valence-electron chi connectivity index (χ3n) is 3.65. The second-order valence-corrected chi connectivity index (χ2v) is 5.51. The zero-order chi connectivity index (χ0) is 17.5. The van der Waals surface area contributed by atoms with Crippen molar-refractivity contribution in [1.82, 2.24) is 10.1 Å². The van der Waals surface area contributed by atoms with Gasteiger partial charge in [0, 0.05) is 30.2 Å². The van der Waals surface area contributed by atoms with E-state index in [0.717, 1.165) is 5.56 Å². The number of hydrogen-bond acceptors (Lipinski definition) is 5. The summed E-state index contributed by atoms with van der Waals surface area (Å²) < 4.78 is 10.4. The number of anilines is 1. The van der Waals surface area contributed by atoms with E-state index in [1.807, 2.05) is 48.5 Å². The summed E-state index contributed by atoms with van der Waals surface area (Å²) >= 11 is 0. The summed E-state index contributed by atoms with van der Waals surface area (Å²) in [7, 11) is 1.59. The van der Waals surface area contributed by atoms with E-state index in [-0.39, 0.29) is 5.91 Å². The minimum Gasteiger partial charge on any atom is -0.497 e. The van der Waals surface area contributed by atoms with Crippen LogP contribution in [0.15, 0.2) is 59.1 Å². The van der Waals surface area contributed by atoms with Crippen LogP contribution >= 0.6 is 0 Å². The van der Waals surface area contributed by atoms with Crippen molar-refractivity contribution in [2.45, 2.75) is 19.3 Å². The Morgan fingerprint density at radius 2 is 2.00 bits per heavy atom. The van der Waals surface area contributed by atoms with Crippen LogP contribution < -0.4 is 10.1 Å². The molecule has 0 fully saturated rings. The van der Waals surface area contributed by atoms with Gasteiger partial charge in [0.15, 0.2) is 0 Å². The molecule has 6 heteroatoms. The Balaban J connectivity index is 1.48. The number of amides is 1. The minimum atomic E-state index is -0.0592. The lowest BCUT2D eigenvalue weighted by molar-refractivity contribution is -0.116. The smallest absolute Gasteiger partial charge is 0.226 e. The van der Waals surface area contributed by atoms with Crippen LogP contribution in [0.25, 0.3) is 11.4 Å². The molecule has 0 saturated heterocycles.